The van der Waals surface area contributed by atoms with Crippen LogP contribution in [0.1, 0.15) is 50.1 Å². The summed E-state index contributed by atoms with van der Waals surface area (Å²) in [7, 11) is 0. The summed E-state index contributed by atoms with van der Waals surface area (Å²) in [6, 6.07) is 11.2. The molecule has 4 rings (SSSR count). The fraction of sp³-hybridized carbons (Fsp3) is 0.600. The minimum Gasteiger partial charge on any atom is -0.353 e. The Labute approximate surface area is 170 Å². The van der Waals surface area contributed by atoms with Gasteiger partial charge in [0, 0.05) is 25.7 Å². The molecule has 0 spiro atoms. The first-order chi connectivity index (χ1) is 13.8. The van der Waals surface area contributed by atoms with Crippen LogP contribution in [0.25, 0.3) is 0 Å². The lowest BCUT2D eigenvalue weighted by atomic mass is 10.0. The number of piperidine rings is 1. The summed E-state index contributed by atoms with van der Waals surface area (Å²) in [5.74, 6) is 0.449. The lowest BCUT2D eigenvalue weighted by molar-refractivity contribution is -0.119. The van der Waals surface area contributed by atoms with Crippen molar-refractivity contribution >= 4 is 17.7 Å². The number of nitrogens with zero attached hydrogens (tertiary/aromatic N) is 5. The Kier molecular flexibility index (Phi) is 6.59. The van der Waals surface area contributed by atoms with Crippen LogP contribution in [0.4, 0.5) is 0 Å². The SMILES string of the molecule is O=C(CSc1nnnn1C1CCCC1)NC1CCN(Cc2ccccc2)CC1. The van der Waals surface area contributed by atoms with E-state index in [-0.39, 0.29) is 11.9 Å². The third-order valence-electron chi connectivity index (χ3n) is 5.67. The topological polar surface area (TPSA) is 75.9 Å². The molecule has 0 atom stereocenters. The van der Waals surface area contributed by atoms with Crippen molar-refractivity contribution in [3.05, 3.63) is 35.9 Å². The molecular weight excluding hydrogens is 372 g/mol. The molecule has 0 bridgehead atoms. The molecule has 1 N–H and O–H groups in total. The number of aromatic nitrogens is 4. The highest BCUT2D eigenvalue weighted by atomic mass is 32.2. The normalized spacial score (nSPS) is 19.1. The third-order valence-corrected chi connectivity index (χ3v) is 6.60. The summed E-state index contributed by atoms with van der Waals surface area (Å²) in [5, 5.41) is 16.0. The summed E-state index contributed by atoms with van der Waals surface area (Å²) in [6.45, 7) is 3.03. The number of nitrogens with one attached hydrogen (secondary N) is 1. The maximum atomic E-state index is 12.4. The number of carbonyl (C=O) groups is 1. The molecule has 28 heavy (non-hydrogen) atoms. The van der Waals surface area contributed by atoms with Gasteiger partial charge in [-0.05, 0) is 41.7 Å². The molecule has 1 amide bonds. The molecular formula is C20H28N6OS. The van der Waals surface area contributed by atoms with Crippen LogP contribution in [0, 0.1) is 0 Å². The maximum Gasteiger partial charge on any atom is 0.230 e. The van der Waals surface area contributed by atoms with E-state index in [1.165, 1.54) is 30.2 Å². The predicted molar refractivity (Wildman–Crippen MR) is 109 cm³/mol. The first kappa shape index (κ1) is 19.4. The second-order valence-electron chi connectivity index (χ2n) is 7.74. The molecule has 2 aromatic rings. The van der Waals surface area contributed by atoms with Gasteiger partial charge >= 0.3 is 0 Å². The van der Waals surface area contributed by atoms with Crippen LogP contribution in [0.3, 0.4) is 0 Å². The summed E-state index contributed by atoms with van der Waals surface area (Å²) < 4.78 is 1.91. The van der Waals surface area contributed by atoms with Crippen LogP contribution < -0.4 is 5.32 Å². The Morgan fingerprint density at radius 3 is 2.61 bits per heavy atom. The first-order valence-electron chi connectivity index (χ1n) is 10.2. The number of benzene rings is 1. The quantitative estimate of drug-likeness (QED) is 0.720. The zero-order chi connectivity index (χ0) is 19.2. The van der Waals surface area contributed by atoms with Gasteiger partial charge in [0.05, 0.1) is 11.8 Å². The molecule has 2 aliphatic rings. The number of carbonyl (C=O) groups excluding carboxylic acids is 1. The van der Waals surface area contributed by atoms with Gasteiger partial charge in [-0.3, -0.25) is 9.69 Å². The average Bonchev–Trinajstić information content (AvgIpc) is 3.40. The van der Waals surface area contributed by atoms with E-state index >= 15 is 0 Å². The minimum atomic E-state index is 0.0764. The van der Waals surface area contributed by atoms with E-state index in [2.05, 4.69) is 56.1 Å². The van der Waals surface area contributed by atoms with Gasteiger partial charge in [0.15, 0.2) is 0 Å². The highest BCUT2D eigenvalue weighted by Crippen LogP contribution is 2.31. The highest BCUT2D eigenvalue weighted by Gasteiger charge is 2.23. The average molecular weight is 401 g/mol. The van der Waals surface area contributed by atoms with Crippen LogP contribution in [0.2, 0.25) is 0 Å². The number of tetrazole rings is 1. The van der Waals surface area contributed by atoms with Gasteiger partial charge in [-0.15, -0.1) is 5.10 Å². The number of amides is 1. The second kappa shape index (κ2) is 9.52. The molecule has 1 aromatic heterocycles. The van der Waals surface area contributed by atoms with Gasteiger partial charge in [-0.1, -0.05) is 54.9 Å². The van der Waals surface area contributed by atoms with E-state index in [1.807, 2.05) is 4.68 Å². The molecule has 2 heterocycles. The largest absolute Gasteiger partial charge is 0.353 e. The van der Waals surface area contributed by atoms with Gasteiger partial charge in [0.2, 0.25) is 11.1 Å². The standard InChI is InChI=1S/C20H28N6OS/c27-19(15-28-20-22-23-24-26(20)18-8-4-5-9-18)21-17-10-12-25(13-11-17)14-16-6-2-1-3-7-16/h1-3,6-7,17-18H,4-5,8-15H2,(H,21,27). The zero-order valence-electron chi connectivity index (χ0n) is 16.2. The predicted octanol–water partition coefficient (Wildman–Crippen LogP) is 2.66. The molecule has 7 nitrogen and oxygen atoms in total. The van der Waals surface area contributed by atoms with Gasteiger partial charge in [-0.2, -0.15) is 0 Å². The number of hydrogen-bond donors (Lipinski definition) is 1. The molecule has 2 fully saturated rings. The number of likely N-dealkylation sites (tertiary alicyclic amines) is 1. The van der Waals surface area contributed by atoms with E-state index < -0.39 is 0 Å². The van der Waals surface area contributed by atoms with Crippen molar-refractivity contribution in [3.8, 4) is 0 Å². The second-order valence-corrected chi connectivity index (χ2v) is 8.68. The fourth-order valence-corrected chi connectivity index (χ4v) is 4.89. The monoisotopic (exact) mass is 400 g/mol. The van der Waals surface area contributed by atoms with E-state index in [4.69, 9.17) is 0 Å². The number of hydrogen-bond acceptors (Lipinski definition) is 6. The van der Waals surface area contributed by atoms with Crippen LogP contribution in [-0.2, 0) is 11.3 Å². The summed E-state index contributed by atoms with van der Waals surface area (Å²) in [6.07, 6.45) is 6.74. The maximum absolute atomic E-state index is 12.4. The molecule has 8 heteroatoms. The number of rotatable bonds is 7. The summed E-state index contributed by atoms with van der Waals surface area (Å²) in [5.41, 5.74) is 1.35. The Morgan fingerprint density at radius 2 is 1.86 bits per heavy atom. The molecule has 1 aliphatic carbocycles. The van der Waals surface area contributed by atoms with Gasteiger partial charge in [-0.25, -0.2) is 4.68 Å². The van der Waals surface area contributed by atoms with Crippen molar-refractivity contribution in [2.45, 2.75) is 62.3 Å². The van der Waals surface area contributed by atoms with E-state index in [9.17, 15) is 4.79 Å². The fourth-order valence-electron chi connectivity index (χ4n) is 4.13. The minimum absolute atomic E-state index is 0.0764. The zero-order valence-corrected chi connectivity index (χ0v) is 17.0. The number of thioether (sulfide) groups is 1. The molecule has 1 saturated carbocycles. The van der Waals surface area contributed by atoms with Crippen molar-refractivity contribution in [1.82, 2.24) is 30.4 Å². The summed E-state index contributed by atoms with van der Waals surface area (Å²) in [4.78, 5) is 14.8. The Balaban J connectivity index is 1.19. The lowest BCUT2D eigenvalue weighted by Gasteiger charge is -2.32. The summed E-state index contributed by atoms with van der Waals surface area (Å²) >= 11 is 1.44. The van der Waals surface area contributed by atoms with Crippen molar-refractivity contribution in [1.29, 1.82) is 0 Å². The molecule has 1 saturated heterocycles. The van der Waals surface area contributed by atoms with Crippen LogP contribution in [-0.4, -0.2) is 55.9 Å². The van der Waals surface area contributed by atoms with Gasteiger partial charge < -0.3 is 5.32 Å². The highest BCUT2D eigenvalue weighted by molar-refractivity contribution is 7.99. The first-order valence-corrected chi connectivity index (χ1v) is 11.2. The molecule has 1 aromatic carbocycles. The van der Waals surface area contributed by atoms with Gasteiger partial charge in [0.25, 0.3) is 0 Å². The molecule has 150 valence electrons. The van der Waals surface area contributed by atoms with E-state index in [0.29, 0.717) is 11.8 Å². The lowest BCUT2D eigenvalue weighted by Crippen LogP contribution is -2.44. The van der Waals surface area contributed by atoms with Crippen molar-refractivity contribution in [3.63, 3.8) is 0 Å². The molecule has 0 radical (unpaired) electrons. The van der Waals surface area contributed by atoms with Crippen molar-refractivity contribution < 1.29 is 4.79 Å². The Bertz CT molecular complexity index is 753. The van der Waals surface area contributed by atoms with Crippen LogP contribution >= 0.6 is 11.8 Å². The smallest absolute Gasteiger partial charge is 0.230 e. The van der Waals surface area contributed by atoms with Crippen LogP contribution in [0.15, 0.2) is 35.5 Å². The molecule has 1 aliphatic heterocycles. The van der Waals surface area contributed by atoms with Gasteiger partial charge in [0.1, 0.15) is 0 Å². The third kappa shape index (κ3) is 5.11. The molecule has 0 unspecified atom stereocenters. The van der Waals surface area contributed by atoms with E-state index in [0.717, 1.165) is 50.5 Å². The Hall–Kier alpha value is -1.93. The van der Waals surface area contributed by atoms with E-state index in [1.54, 1.807) is 0 Å². The van der Waals surface area contributed by atoms with Crippen molar-refractivity contribution in [2.24, 2.45) is 0 Å². The Morgan fingerprint density at radius 1 is 1.11 bits per heavy atom. The van der Waals surface area contributed by atoms with Crippen LogP contribution in [0.5, 0.6) is 0 Å². The van der Waals surface area contributed by atoms with Crippen molar-refractivity contribution in [2.75, 3.05) is 18.8 Å².